The first kappa shape index (κ1) is 16.8. The van der Waals surface area contributed by atoms with Crippen LogP contribution in [-0.4, -0.2) is 17.0 Å². The monoisotopic (exact) mass is 348 g/mol. The average Bonchev–Trinajstić information content (AvgIpc) is 2.51. The zero-order valence-corrected chi connectivity index (χ0v) is 15.7. The molecular weight excluding hydrogens is 320 g/mol. The Morgan fingerprint density at radius 3 is 2.75 bits per heavy atom. The number of hydrogen-bond donors (Lipinski definition) is 1. The van der Waals surface area contributed by atoms with Crippen LogP contribution >= 0.6 is 11.6 Å². The van der Waals surface area contributed by atoms with Gasteiger partial charge in [0.2, 0.25) is 0 Å². The van der Waals surface area contributed by atoms with E-state index in [-0.39, 0.29) is 5.41 Å². The second-order valence-corrected chi connectivity index (χ2v) is 9.62. The number of fused-ring (bicyclic) bond motifs is 5. The van der Waals surface area contributed by atoms with E-state index in [0.29, 0.717) is 46.3 Å². The van der Waals surface area contributed by atoms with Crippen LogP contribution in [0.1, 0.15) is 52.9 Å². The summed E-state index contributed by atoms with van der Waals surface area (Å²) in [4.78, 5) is 11.9. The van der Waals surface area contributed by atoms with Gasteiger partial charge in [-0.15, -0.1) is 0 Å². The molecule has 1 N–H and O–H groups in total. The van der Waals surface area contributed by atoms with Crippen molar-refractivity contribution in [2.24, 2.45) is 40.9 Å². The molecule has 1 unspecified atom stereocenters. The summed E-state index contributed by atoms with van der Waals surface area (Å²) in [6, 6.07) is 0. The molecule has 0 aromatic rings. The largest absolute Gasteiger partial charge is 0.387 e. The van der Waals surface area contributed by atoms with Gasteiger partial charge in [0.15, 0.2) is 5.78 Å². The van der Waals surface area contributed by atoms with Gasteiger partial charge in [-0.05, 0) is 67.3 Å². The van der Waals surface area contributed by atoms with Crippen molar-refractivity contribution in [1.29, 1.82) is 0 Å². The van der Waals surface area contributed by atoms with Gasteiger partial charge in [-0.2, -0.15) is 0 Å². The van der Waals surface area contributed by atoms with E-state index in [1.54, 1.807) is 0 Å². The Labute approximate surface area is 150 Å². The van der Waals surface area contributed by atoms with Gasteiger partial charge in [-0.3, -0.25) is 4.79 Å². The Balaban J connectivity index is 1.75. The smallest absolute Gasteiger partial charge is 0.155 e. The van der Waals surface area contributed by atoms with Crippen LogP contribution in [-0.2, 0) is 4.79 Å². The van der Waals surface area contributed by atoms with Crippen molar-refractivity contribution < 1.29 is 9.90 Å². The number of carbonyl (C=O) groups excluding carboxylic acids is 1. The lowest BCUT2D eigenvalue weighted by atomic mass is 9.44. The molecule has 24 heavy (non-hydrogen) atoms. The molecule has 3 heteroatoms. The minimum absolute atomic E-state index is 0.105. The lowest BCUT2D eigenvalue weighted by Gasteiger charge is -2.61. The van der Waals surface area contributed by atoms with Crippen molar-refractivity contribution in [3.8, 4) is 0 Å². The van der Waals surface area contributed by atoms with Crippen LogP contribution in [0.4, 0.5) is 0 Å². The number of hydrogen-bond acceptors (Lipinski definition) is 2. The Kier molecular flexibility index (Phi) is 4.01. The van der Waals surface area contributed by atoms with Gasteiger partial charge in [0.1, 0.15) is 0 Å². The van der Waals surface area contributed by atoms with Gasteiger partial charge < -0.3 is 5.11 Å². The highest BCUT2D eigenvalue weighted by Crippen LogP contribution is 2.63. The number of allylic oxidation sites excluding steroid dienone is 3. The summed E-state index contributed by atoms with van der Waals surface area (Å²) in [7, 11) is 0. The van der Waals surface area contributed by atoms with E-state index < -0.39 is 6.10 Å². The minimum atomic E-state index is -0.515. The number of aliphatic hydroxyl groups is 1. The molecule has 4 rings (SSSR count). The molecule has 0 radical (unpaired) electrons. The first-order valence-corrected chi connectivity index (χ1v) is 9.97. The maximum atomic E-state index is 11.9. The maximum absolute atomic E-state index is 11.9. The molecule has 4 aliphatic rings. The summed E-state index contributed by atoms with van der Waals surface area (Å²) in [6.07, 6.45) is 8.36. The van der Waals surface area contributed by atoms with Crippen molar-refractivity contribution in [2.45, 2.75) is 59.0 Å². The predicted molar refractivity (Wildman–Crippen MR) is 96.5 cm³/mol. The first-order chi connectivity index (χ1) is 11.3. The van der Waals surface area contributed by atoms with Crippen molar-refractivity contribution in [2.75, 3.05) is 0 Å². The molecule has 0 spiro atoms. The number of carbonyl (C=O) groups is 1. The summed E-state index contributed by atoms with van der Waals surface area (Å²) in [5.74, 6) is 3.84. The third kappa shape index (κ3) is 2.29. The van der Waals surface area contributed by atoms with Crippen LogP contribution in [0.2, 0.25) is 0 Å². The van der Waals surface area contributed by atoms with Crippen LogP contribution in [0.25, 0.3) is 0 Å². The number of aliphatic hydroxyl groups excluding tert-OH is 1. The molecule has 0 aromatic carbocycles. The van der Waals surface area contributed by atoms with E-state index in [1.165, 1.54) is 5.57 Å². The zero-order valence-electron chi connectivity index (χ0n) is 15.0. The summed E-state index contributed by atoms with van der Waals surface area (Å²) in [6.45, 7) is 6.98. The van der Waals surface area contributed by atoms with E-state index in [1.807, 2.05) is 6.08 Å². The summed E-state index contributed by atoms with van der Waals surface area (Å²) in [5, 5.41) is 11.5. The molecule has 0 bridgehead atoms. The SMILES string of the molecule is C[C@@H]1CC2=CC(=O)CC[C@@H]2[C@@H]2[C@@H]1[C@@H]1CC=C(Cl)C(O)[C@@]1(C)C[C@@H]2C. The Morgan fingerprint density at radius 1 is 1.25 bits per heavy atom. The molecule has 2 saturated carbocycles. The van der Waals surface area contributed by atoms with Crippen LogP contribution in [0.15, 0.2) is 22.8 Å². The van der Waals surface area contributed by atoms with Gasteiger partial charge in [-0.1, -0.05) is 44.0 Å². The van der Waals surface area contributed by atoms with Gasteiger partial charge in [0.05, 0.1) is 6.10 Å². The van der Waals surface area contributed by atoms with Gasteiger partial charge in [0.25, 0.3) is 0 Å². The molecule has 0 aromatic heterocycles. The summed E-state index contributed by atoms with van der Waals surface area (Å²) >= 11 is 6.33. The highest BCUT2D eigenvalue weighted by molar-refractivity contribution is 6.30. The molecule has 0 amide bonds. The fourth-order valence-electron chi connectivity index (χ4n) is 6.94. The minimum Gasteiger partial charge on any atom is -0.387 e. The summed E-state index contributed by atoms with van der Waals surface area (Å²) < 4.78 is 0. The Morgan fingerprint density at radius 2 is 2.00 bits per heavy atom. The number of rotatable bonds is 0. The van der Waals surface area contributed by atoms with Crippen LogP contribution < -0.4 is 0 Å². The van der Waals surface area contributed by atoms with Crippen LogP contribution in [0, 0.1) is 40.9 Å². The molecule has 4 aliphatic carbocycles. The van der Waals surface area contributed by atoms with E-state index in [2.05, 4.69) is 26.8 Å². The van der Waals surface area contributed by atoms with Crippen LogP contribution in [0.3, 0.4) is 0 Å². The fraction of sp³-hybridized carbons (Fsp3) is 0.762. The molecule has 8 atom stereocenters. The molecule has 132 valence electrons. The normalized spacial score (nSPS) is 51.0. The maximum Gasteiger partial charge on any atom is 0.155 e. The lowest BCUT2D eigenvalue weighted by Crippen LogP contribution is -2.57. The molecule has 2 fully saturated rings. The number of ketones is 1. The Bertz CT molecular complexity index is 621. The van der Waals surface area contributed by atoms with E-state index in [0.717, 1.165) is 32.1 Å². The lowest BCUT2D eigenvalue weighted by molar-refractivity contribution is -0.126. The number of halogens is 1. The Hall–Kier alpha value is -0.600. The van der Waals surface area contributed by atoms with Crippen LogP contribution in [0.5, 0.6) is 0 Å². The fourth-order valence-corrected chi connectivity index (χ4v) is 7.28. The molecule has 0 aliphatic heterocycles. The zero-order chi connectivity index (χ0) is 17.2. The molecule has 0 heterocycles. The van der Waals surface area contributed by atoms with Crippen molar-refractivity contribution in [3.05, 3.63) is 22.8 Å². The standard InChI is InChI=1S/C21H29ClO2/c1-11-8-13-9-14(23)4-5-15(13)18-12(2)10-21(3)16(19(11)18)6-7-17(22)20(21)24/h7,9,11-12,15-16,18-20,24H,4-6,8,10H2,1-3H3/t11-,12+,15+,16+,18-,19+,20?,21+/m1/s1. The predicted octanol–water partition coefficient (Wildman–Crippen LogP) is 4.71. The topological polar surface area (TPSA) is 37.3 Å². The third-order valence-corrected chi connectivity index (χ3v) is 8.19. The first-order valence-electron chi connectivity index (χ1n) is 9.60. The van der Waals surface area contributed by atoms with Crippen molar-refractivity contribution in [3.63, 3.8) is 0 Å². The molecule has 0 saturated heterocycles. The summed E-state index contributed by atoms with van der Waals surface area (Å²) in [5.41, 5.74) is 1.31. The van der Waals surface area contributed by atoms with E-state index in [4.69, 9.17) is 11.6 Å². The highest BCUT2D eigenvalue weighted by Gasteiger charge is 2.58. The third-order valence-electron chi connectivity index (χ3n) is 7.83. The van der Waals surface area contributed by atoms with Gasteiger partial charge in [-0.25, -0.2) is 0 Å². The van der Waals surface area contributed by atoms with Gasteiger partial charge >= 0.3 is 0 Å². The second kappa shape index (κ2) is 5.71. The van der Waals surface area contributed by atoms with Crippen molar-refractivity contribution in [1.82, 2.24) is 0 Å². The van der Waals surface area contributed by atoms with Gasteiger partial charge in [0, 0.05) is 16.9 Å². The second-order valence-electron chi connectivity index (χ2n) is 9.19. The average molecular weight is 349 g/mol. The molecular formula is C21H29ClO2. The quantitative estimate of drug-likeness (QED) is 0.688. The van der Waals surface area contributed by atoms with E-state index in [9.17, 15) is 9.90 Å². The highest BCUT2D eigenvalue weighted by atomic mass is 35.5. The van der Waals surface area contributed by atoms with Crippen molar-refractivity contribution >= 4 is 17.4 Å². The molecule has 2 nitrogen and oxygen atoms in total. The van der Waals surface area contributed by atoms with E-state index >= 15 is 0 Å².